The Morgan fingerprint density at radius 1 is 1.21 bits per heavy atom. The highest BCUT2D eigenvalue weighted by atomic mass is 79.9. The Bertz CT molecular complexity index is 895. The number of nitrogens with zero attached hydrogens (tertiary/aromatic N) is 3. The molecule has 0 spiro atoms. The van der Waals surface area contributed by atoms with Crippen molar-refractivity contribution >= 4 is 59.8 Å². The van der Waals surface area contributed by atoms with E-state index in [9.17, 15) is 13.2 Å². The second kappa shape index (κ2) is 6.61. The topological polar surface area (TPSA) is 29.0 Å². The minimum atomic E-state index is -4.42. The van der Waals surface area contributed by atoms with E-state index >= 15 is 0 Å². The monoisotopic (exact) mass is 479 g/mol. The third-order valence-corrected chi connectivity index (χ3v) is 5.30. The van der Waals surface area contributed by atoms with Crippen LogP contribution in [0, 0.1) is 0 Å². The van der Waals surface area contributed by atoms with Crippen molar-refractivity contribution in [1.29, 1.82) is 0 Å². The molecule has 126 valence electrons. The summed E-state index contributed by atoms with van der Waals surface area (Å²) in [6, 6.07) is 5.75. The summed E-state index contributed by atoms with van der Waals surface area (Å²) in [5, 5.41) is 3.30. The van der Waals surface area contributed by atoms with Crippen molar-refractivity contribution in [1.82, 2.24) is 9.97 Å². The lowest BCUT2D eigenvalue weighted by atomic mass is 10.1. The summed E-state index contributed by atoms with van der Waals surface area (Å²) in [5.41, 5.74) is -0.854. The van der Waals surface area contributed by atoms with Gasteiger partial charge in [0.25, 0.3) is 0 Å². The number of rotatable bonds is 3. The number of halogens is 5. The fourth-order valence-electron chi connectivity index (χ4n) is 2.29. The molecule has 24 heavy (non-hydrogen) atoms. The molecule has 0 radical (unpaired) electrons. The predicted molar refractivity (Wildman–Crippen MR) is 96.4 cm³/mol. The van der Waals surface area contributed by atoms with Gasteiger partial charge in [0, 0.05) is 38.3 Å². The van der Waals surface area contributed by atoms with Gasteiger partial charge in [-0.3, -0.25) is 0 Å². The first-order valence-corrected chi connectivity index (χ1v) is 9.19. The number of pyridine rings is 1. The summed E-state index contributed by atoms with van der Waals surface area (Å²) in [7, 11) is 1.78. The molecular formula is C15H10Br2F3N3S. The van der Waals surface area contributed by atoms with Crippen LogP contribution in [0.25, 0.3) is 10.8 Å². The maximum atomic E-state index is 12.7. The average Bonchev–Trinajstić information content (AvgIpc) is 2.95. The molecule has 0 N–H and O–H groups in total. The summed E-state index contributed by atoms with van der Waals surface area (Å²) < 4.78 is 39.8. The number of aromatic nitrogens is 2. The van der Waals surface area contributed by atoms with Crippen LogP contribution in [0.3, 0.4) is 0 Å². The van der Waals surface area contributed by atoms with Crippen molar-refractivity contribution in [2.75, 3.05) is 11.9 Å². The fraction of sp³-hybridized carbons (Fsp3) is 0.200. The van der Waals surface area contributed by atoms with Crippen molar-refractivity contribution in [2.24, 2.45) is 0 Å². The number of fused-ring (bicyclic) bond motifs is 1. The molecule has 0 aliphatic carbocycles. The van der Waals surface area contributed by atoms with Gasteiger partial charge >= 0.3 is 6.18 Å². The van der Waals surface area contributed by atoms with E-state index in [1.807, 2.05) is 18.2 Å². The maximum absolute atomic E-state index is 12.7. The van der Waals surface area contributed by atoms with Gasteiger partial charge in [0.05, 0.1) is 6.54 Å². The molecule has 0 amide bonds. The molecule has 0 fully saturated rings. The van der Waals surface area contributed by atoms with Crippen LogP contribution in [0.4, 0.5) is 19.0 Å². The number of thiazole rings is 1. The Hall–Kier alpha value is -1.19. The molecule has 0 saturated carbocycles. The second-order valence-electron chi connectivity index (χ2n) is 5.10. The SMILES string of the molecule is CN(Cc1nc(C(F)(F)F)cs1)c1nccc2c(Br)cc(Br)cc12. The molecule has 0 bridgehead atoms. The maximum Gasteiger partial charge on any atom is 0.434 e. The smallest absolute Gasteiger partial charge is 0.352 e. The van der Waals surface area contributed by atoms with Crippen LogP contribution in [-0.2, 0) is 12.7 Å². The minimum absolute atomic E-state index is 0.247. The molecule has 0 saturated heterocycles. The van der Waals surface area contributed by atoms with Gasteiger partial charge in [-0.1, -0.05) is 31.9 Å². The van der Waals surface area contributed by atoms with E-state index in [1.165, 1.54) is 0 Å². The van der Waals surface area contributed by atoms with E-state index in [0.717, 1.165) is 36.4 Å². The summed E-state index contributed by atoms with van der Waals surface area (Å²) >= 11 is 7.95. The zero-order valence-electron chi connectivity index (χ0n) is 12.2. The number of hydrogen-bond donors (Lipinski definition) is 0. The first-order valence-electron chi connectivity index (χ1n) is 6.72. The van der Waals surface area contributed by atoms with Gasteiger partial charge in [-0.15, -0.1) is 11.3 Å². The van der Waals surface area contributed by atoms with Crippen molar-refractivity contribution in [3.8, 4) is 0 Å². The van der Waals surface area contributed by atoms with Gasteiger partial charge in [0.1, 0.15) is 10.8 Å². The normalized spacial score (nSPS) is 11.9. The number of benzene rings is 1. The van der Waals surface area contributed by atoms with Gasteiger partial charge in [0.15, 0.2) is 5.69 Å². The predicted octanol–water partition coefficient (Wildman–Crippen LogP) is 5.87. The van der Waals surface area contributed by atoms with E-state index in [4.69, 9.17) is 0 Å². The molecule has 3 rings (SSSR count). The molecule has 2 aromatic heterocycles. The average molecular weight is 481 g/mol. The third-order valence-electron chi connectivity index (χ3n) is 3.35. The zero-order valence-corrected chi connectivity index (χ0v) is 16.2. The van der Waals surface area contributed by atoms with Crippen LogP contribution in [0.15, 0.2) is 38.7 Å². The minimum Gasteiger partial charge on any atom is -0.352 e. The third kappa shape index (κ3) is 3.57. The summed E-state index contributed by atoms with van der Waals surface area (Å²) in [4.78, 5) is 9.84. The molecule has 3 nitrogen and oxygen atoms in total. The molecule has 0 atom stereocenters. The van der Waals surface area contributed by atoms with Gasteiger partial charge in [0.2, 0.25) is 0 Å². The molecular weight excluding hydrogens is 471 g/mol. The lowest BCUT2D eigenvalue weighted by Crippen LogP contribution is -2.18. The van der Waals surface area contributed by atoms with Crippen LogP contribution in [0.1, 0.15) is 10.7 Å². The van der Waals surface area contributed by atoms with Crippen molar-refractivity contribution < 1.29 is 13.2 Å². The van der Waals surface area contributed by atoms with Gasteiger partial charge in [-0.25, -0.2) is 9.97 Å². The Morgan fingerprint density at radius 2 is 1.96 bits per heavy atom. The summed E-state index contributed by atoms with van der Waals surface area (Å²) in [6.07, 6.45) is -2.74. The van der Waals surface area contributed by atoms with Crippen LogP contribution < -0.4 is 4.90 Å². The van der Waals surface area contributed by atoms with Gasteiger partial charge < -0.3 is 4.90 Å². The first kappa shape index (κ1) is 17.6. The molecule has 3 aromatic rings. The van der Waals surface area contributed by atoms with Crippen molar-refractivity contribution in [3.63, 3.8) is 0 Å². The number of alkyl halides is 3. The van der Waals surface area contributed by atoms with Gasteiger partial charge in [-0.2, -0.15) is 13.2 Å². The quantitative estimate of drug-likeness (QED) is 0.469. The zero-order chi connectivity index (χ0) is 17.5. The van der Waals surface area contributed by atoms with Crippen LogP contribution in [0.2, 0.25) is 0 Å². The van der Waals surface area contributed by atoms with E-state index in [0.29, 0.717) is 10.8 Å². The molecule has 0 aliphatic rings. The van der Waals surface area contributed by atoms with Crippen molar-refractivity contribution in [2.45, 2.75) is 12.7 Å². The van der Waals surface area contributed by atoms with Crippen LogP contribution >= 0.6 is 43.2 Å². The number of hydrogen-bond acceptors (Lipinski definition) is 4. The molecule has 9 heteroatoms. The van der Waals surface area contributed by atoms with E-state index in [-0.39, 0.29) is 6.54 Å². The highest BCUT2D eigenvalue weighted by Gasteiger charge is 2.33. The Kier molecular flexibility index (Phi) is 4.85. The largest absolute Gasteiger partial charge is 0.434 e. The Labute approximate surface area is 156 Å². The molecule has 0 unspecified atom stereocenters. The summed E-state index contributed by atoms with van der Waals surface area (Å²) in [5.74, 6) is 0.679. The standard InChI is InChI=1S/C15H10Br2F3N3S/c1-23(6-13-22-12(7-24-13)15(18,19)20)14-10-4-8(16)5-11(17)9(10)2-3-21-14/h2-5,7H,6H2,1H3. The lowest BCUT2D eigenvalue weighted by Gasteiger charge is -2.19. The number of anilines is 1. The summed E-state index contributed by atoms with van der Waals surface area (Å²) in [6.45, 7) is 0.247. The first-order chi connectivity index (χ1) is 11.3. The highest BCUT2D eigenvalue weighted by Crippen LogP contribution is 2.34. The van der Waals surface area contributed by atoms with Crippen LogP contribution in [-0.4, -0.2) is 17.0 Å². The lowest BCUT2D eigenvalue weighted by molar-refractivity contribution is -0.140. The van der Waals surface area contributed by atoms with Gasteiger partial charge in [-0.05, 0) is 18.2 Å². The van der Waals surface area contributed by atoms with E-state index in [1.54, 1.807) is 18.1 Å². The highest BCUT2D eigenvalue weighted by molar-refractivity contribution is 9.11. The molecule has 0 aliphatic heterocycles. The Balaban J connectivity index is 1.94. The van der Waals surface area contributed by atoms with Crippen LogP contribution in [0.5, 0.6) is 0 Å². The molecule has 2 heterocycles. The van der Waals surface area contributed by atoms with E-state index in [2.05, 4.69) is 41.8 Å². The fourth-order valence-corrected chi connectivity index (χ4v) is 4.50. The Morgan fingerprint density at radius 3 is 2.62 bits per heavy atom. The van der Waals surface area contributed by atoms with Crippen molar-refractivity contribution in [3.05, 3.63) is 49.4 Å². The second-order valence-corrected chi connectivity index (χ2v) is 7.81. The molecule has 1 aromatic carbocycles. The van der Waals surface area contributed by atoms with E-state index < -0.39 is 11.9 Å².